The van der Waals surface area contributed by atoms with Crippen molar-refractivity contribution in [3.8, 4) is 11.8 Å². The second-order valence-electron chi connectivity index (χ2n) is 4.11. The fourth-order valence-electron chi connectivity index (χ4n) is 1.76. The van der Waals surface area contributed by atoms with Gasteiger partial charge < -0.3 is 10.1 Å². The van der Waals surface area contributed by atoms with E-state index in [2.05, 4.69) is 27.3 Å². The number of rotatable bonds is 4. The molecule has 2 aromatic rings. The van der Waals surface area contributed by atoms with E-state index in [9.17, 15) is 5.26 Å². The average Bonchev–Trinajstić information content (AvgIpc) is 2.48. The summed E-state index contributed by atoms with van der Waals surface area (Å²) in [6.07, 6.45) is 0. The standard InChI is InChI=1S/C15H12BrClN2O/c1-20-12-4-2-3-11(8-12)19-15(9-18)10-5-6-14(17)13(16)7-10/h2-8,15,19H,1H3. The fraction of sp³-hybridized carbons (Fsp3) is 0.133. The fourth-order valence-corrected chi connectivity index (χ4v) is 2.28. The molecule has 1 atom stereocenters. The van der Waals surface area contributed by atoms with Crippen LogP contribution in [0.3, 0.4) is 0 Å². The summed E-state index contributed by atoms with van der Waals surface area (Å²) < 4.78 is 5.93. The van der Waals surface area contributed by atoms with E-state index in [1.54, 1.807) is 13.2 Å². The van der Waals surface area contributed by atoms with Gasteiger partial charge in [0.15, 0.2) is 0 Å². The summed E-state index contributed by atoms with van der Waals surface area (Å²) in [7, 11) is 1.61. The number of nitrogens with zero attached hydrogens (tertiary/aromatic N) is 1. The Bertz CT molecular complexity index is 655. The molecule has 0 aliphatic heterocycles. The van der Waals surface area contributed by atoms with Gasteiger partial charge in [0.2, 0.25) is 0 Å². The molecule has 2 aromatic carbocycles. The Kier molecular flexibility index (Phi) is 4.89. The van der Waals surface area contributed by atoms with Crippen molar-refractivity contribution >= 4 is 33.2 Å². The molecule has 1 N–H and O–H groups in total. The van der Waals surface area contributed by atoms with Crippen LogP contribution in [-0.4, -0.2) is 7.11 Å². The van der Waals surface area contributed by atoms with Gasteiger partial charge in [-0.25, -0.2) is 0 Å². The van der Waals surface area contributed by atoms with E-state index in [-0.39, 0.29) is 0 Å². The van der Waals surface area contributed by atoms with Gasteiger partial charge in [0, 0.05) is 16.2 Å². The minimum atomic E-state index is -0.462. The Balaban J connectivity index is 2.24. The van der Waals surface area contributed by atoms with Crippen molar-refractivity contribution in [1.82, 2.24) is 0 Å². The van der Waals surface area contributed by atoms with E-state index in [1.165, 1.54) is 0 Å². The van der Waals surface area contributed by atoms with Crippen LogP contribution in [0.4, 0.5) is 5.69 Å². The van der Waals surface area contributed by atoms with E-state index in [0.29, 0.717) is 5.02 Å². The predicted octanol–water partition coefficient (Wildman–Crippen LogP) is 4.79. The SMILES string of the molecule is COc1cccc(NC(C#N)c2ccc(Cl)c(Br)c2)c1. The number of nitriles is 1. The number of hydrogen-bond donors (Lipinski definition) is 1. The van der Waals surface area contributed by atoms with Gasteiger partial charge in [-0.3, -0.25) is 0 Å². The van der Waals surface area contributed by atoms with E-state index in [1.807, 2.05) is 36.4 Å². The quantitative estimate of drug-likeness (QED) is 0.861. The van der Waals surface area contributed by atoms with Crippen LogP contribution >= 0.6 is 27.5 Å². The normalized spacial score (nSPS) is 11.5. The lowest BCUT2D eigenvalue weighted by Crippen LogP contribution is -2.08. The molecule has 102 valence electrons. The maximum Gasteiger partial charge on any atom is 0.140 e. The molecule has 1 unspecified atom stereocenters. The molecule has 5 heteroatoms. The van der Waals surface area contributed by atoms with Crippen molar-refractivity contribution in [2.24, 2.45) is 0 Å². The molecule has 0 saturated heterocycles. The first-order valence-electron chi connectivity index (χ1n) is 5.89. The lowest BCUT2D eigenvalue weighted by Gasteiger charge is -2.14. The predicted molar refractivity (Wildman–Crippen MR) is 84.1 cm³/mol. The number of benzene rings is 2. The Morgan fingerprint density at radius 1 is 1.30 bits per heavy atom. The molecule has 0 saturated carbocycles. The van der Waals surface area contributed by atoms with Crippen LogP contribution in [-0.2, 0) is 0 Å². The number of ether oxygens (including phenoxy) is 1. The van der Waals surface area contributed by atoms with Gasteiger partial charge in [0.1, 0.15) is 11.8 Å². The molecule has 0 radical (unpaired) electrons. The third-order valence-electron chi connectivity index (χ3n) is 2.79. The summed E-state index contributed by atoms with van der Waals surface area (Å²) in [5, 5.41) is 13.1. The number of anilines is 1. The largest absolute Gasteiger partial charge is 0.497 e. The summed E-state index contributed by atoms with van der Waals surface area (Å²) in [4.78, 5) is 0. The second kappa shape index (κ2) is 6.65. The molecule has 0 amide bonds. The Morgan fingerprint density at radius 2 is 2.10 bits per heavy atom. The van der Waals surface area contributed by atoms with Crippen molar-refractivity contribution in [2.45, 2.75) is 6.04 Å². The highest BCUT2D eigenvalue weighted by atomic mass is 79.9. The summed E-state index contributed by atoms with van der Waals surface area (Å²) in [5.74, 6) is 0.740. The van der Waals surface area contributed by atoms with Gasteiger partial charge in [-0.1, -0.05) is 23.7 Å². The van der Waals surface area contributed by atoms with Gasteiger partial charge in [-0.05, 0) is 45.8 Å². The van der Waals surface area contributed by atoms with E-state index >= 15 is 0 Å². The van der Waals surface area contributed by atoms with Gasteiger partial charge >= 0.3 is 0 Å². The molecule has 0 fully saturated rings. The molecule has 20 heavy (non-hydrogen) atoms. The topological polar surface area (TPSA) is 45.0 Å². The van der Waals surface area contributed by atoms with Gasteiger partial charge in [0.25, 0.3) is 0 Å². The molecule has 0 bridgehead atoms. The Hall–Kier alpha value is -1.70. The molecule has 0 aromatic heterocycles. The maximum absolute atomic E-state index is 9.34. The van der Waals surface area contributed by atoms with E-state index in [4.69, 9.17) is 16.3 Å². The minimum absolute atomic E-state index is 0.462. The van der Waals surface area contributed by atoms with Gasteiger partial charge in [-0.2, -0.15) is 5.26 Å². The van der Waals surface area contributed by atoms with E-state index in [0.717, 1.165) is 21.5 Å². The highest BCUT2D eigenvalue weighted by molar-refractivity contribution is 9.10. The first-order chi connectivity index (χ1) is 9.63. The van der Waals surface area contributed by atoms with E-state index < -0.39 is 6.04 Å². The highest BCUT2D eigenvalue weighted by Crippen LogP contribution is 2.28. The number of nitrogens with one attached hydrogen (secondary N) is 1. The van der Waals surface area contributed by atoms with Crippen molar-refractivity contribution in [3.05, 3.63) is 57.5 Å². The second-order valence-corrected chi connectivity index (χ2v) is 5.37. The van der Waals surface area contributed by atoms with Crippen molar-refractivity contribution in [3.63, 3.8) is 0 Å². The number of hydrogen-bond acceptors (Lipinski definition) is 3. The van der Waals surface area contributed by atoms with Crippen LogP contribution in [0, 0.1) is 11.3 Å². The zero-order valence-corrected chi connectivity index (χ0v) is 13.1. The van der Waals surface area contributed by atoms with Crippen LogP contribution in [0.15, 0.2) is 46.9 Å². The minimum Gasteiger partial charge on any atom is -0.497 e. The molecule has 0 aliphatic carbocycles. The van der Waals surface area contributed by atoms with Gasteiger partial charge in [0.05, 0.1) is 18.2 Å². The van der Waals surface area contributed by atoms with Crippen molar-refractivity contribution in [2.75, 3.05) is 12.4 Å². The Labute approximate surface area is 131 Å². The maximum atomic E-state index is 9.34. The number of halogens is 2. The Morgan fingerprint density at radius 3 is 2.75 bits per heavy atom. The zero-order chi connectivity index (χ0) is 14.5. The summed E-state index contributed by atoms with van der Waals surface area (Å²) in [6, 6.07) is 14.6. The molecule has 0 heterocycles. The van der Waals surface area contributed by atoms with Crippen LogP contribution < -0.4 is 10.1 Å². The van der Waals surface area contributed by atoms with Crippen molar-refractivity contribution < 1.29 is 4.74 Å². The van der Waals surface area contributed by atoms with Gasteiger partial charge in [-0.15, -0.1) is 0 Å². The molecule has 2 rings (SSSR count). The third-order valence-corrected chi connectivity index (χ3v) is 4.00. The lowest BCUT2D eigenvalue weighted by atomic mass is 10.1. The summed E-state index contributed by atoms with van der Waals surface area (Å²) in [6.45, 7) is 0. The average molecular weight is 352 g/mol. The molecular weight excluding hydrogens is 340 g/mol. The lowest BCUT2D eigenvalue weighted by molar-refractivity contribution is 0.415. The van der Waals surface area contributed by atoms with Crippen LogP contribution in [0.1, 0.15) is 11.6 Å². The first-order valence-corrected chi connectivity index (χ1v) is 7.06. The summed E-state index contributed by atoms with van der Waals surface area (Å²) in [5.41, 5.74) is 1.66. The summed E-state index contributed by atoms with van der Waals surface area (Å²) >= 11 is 9.32. The molecule has 0 aliphatic rings. The first kappa shape index (κ1) is 14.7. The molecule has 0 spiro atoms. The number of methoxy groups -OCH3 is 1. The third kappa shape index (κ3) is 3.44. The smallest absolute Gasteiger partial charge is 0.140 e. The van der Waals surface area contributed by atoms with Crippen molar-refractivity contribution in [1.29, 1.82) is 5.26 Å². The van der Waals surface area contributed by atoms with Crippen LogP contribution in [0.5, 0.6) is 5.75 Å². The highest BCUT2D eigenvalue weighted by Gasteiger charge is 2.12. The molecule has 3 nitrogen and oxygen atoms in total. The molecular formula is C15H12BrClN2O. The monoisotopic (exact) mass is 350 g/mol. The van der Waals surface area contributed by atoms with Crippen LogP contribution in [0.2, 0.25) is 5.02 Å². The van der Waals surface area contributed by atoms with Crippen LogP contribution in [0.25, 0.3) is 0 Å². The zero-order valence-electron chi connectivity index (χ0n) is 10.7.